The van der Waals surface area contributed by atoms with E-state index in [4.69, 9.17) is 20.7 Å². The molecule has 2 aromatic carbocycles. The maximum atomic E-state index is 9.84. The van der Waals surface area contributed by atoms with Crippen LogP contribution in [0.5, 0.6) is 5.75 Å². The van der Waals surface area contributed by atoms with Gasteiger partial charge >= 0.3 is 0 Å². The zero-order valence-electron chi connectivity index (χ0n) is 18.3. The molecule has 0 saturated carbocycles. The third kappa shape index (κ3) is 4.24. The van der Waals surface area contributed by atoms with Crippen LogP contribution in [0.4, 0.5) is 17.1 Å². The molecule has 0 bridgehead atoms. The molecule has 7 nitrogen and oxygen atoms in total. The number of anilines is 2. The summed E-state index contributed by atoms with van der Waals surface area (Å²) in [7, 11) is 3.30. The minimum atomic E-state index is 0.277. The predicted molar refractivity (Wildman–Crippen MR) is 122 cm³/mol. The van der Waals surface area contributed by atoms with Crippen molar-refractivity contribution in [1.29, 1.82) is 10.8 Å². The number of nitriles is 1. The summed E-state index contributed by atoms with van der Waals surface area (Å²) in [5, 5.41) is 16.8. The van der Waals surface area contributed by atoms with E-state index >= 15 is 0 Å². The second-order valence-electron chi connectivity index (χ2n) is 7.44. The SMILES string of the molecule is COC1=C(C)C(c2c(N)c(N=N)cc(C#N)c2NCc2ccc(OC)cc2)=C(C)CC1. The van der Waals surface area contributed by atoms with Gasteiger partial charge in [0.25, 0.3) is 0 Å². The third-order valence-corrected chi connectivity index (χ3v) is 5.66. The lowest BCUT2D eigenvalue weighted by Crippen LogP contribution is -2.11. The Hall–Kier alpha value is -3.79. The fourth-order valence-corrected chi connectivity index (χ4v) is 3.97. The van der Waals surface area contributed by atoms with Crippen molar-refractivity contribution in [3.8, 4) is 11.8 Å². The molecule has 31 heavy (non-hydrogen) atoms. The molecular weight excluding hydrogens is 390 g/mol. The van der Waals surface area contributed by atoms with E-state index in [9.17, 15) is 5.26 Å². The summed E-state index contributed by atoms with van der Waals surface area (Å²) < 4.78 is 10.8. The van der Waals surface area contributed by atoms with Gasteiger partial charge in [-0.05, 0) is 55.2 Å². The molecule has 0 unspecified atom stereocenters. The standard InChI is InChI=1S/C24H27N5O2/c1-14-5-10-20(31-4)15(2)21(14)22-23(26)19(29-27)11-17(12-25)24(22)28-13-16-6-8-18(30-3)9-7-16/h6-9,11,27-28H,5,10,13,26H2,1-4H3. The van der Waals surface area contributed by atoms with E-state index in [2.05, 4.69) is 23.4 Å². The molecule has 0 atom stereocenters. The van der Waals surface area contributed by atoms with E-state index in [0.29, 0.717) is 29.0 Å². The van der Waals surface area contributed by atoms with E-state index in [0.717, 1.165) is 46.6 Å². The maximum absolute atomic E-state index is 9.84. The molecule has 0 radical (unpaired) electrons. The van der Waals surface area contributed by atoms with Crippen LogP contribution in [-0.4, -0.2) is 14.2 Å². The van der Waals surface area contributed by atoms with Gasteiger partial charge in [0.05, 0.1) is 36.9 Å². The van der Waals surface area contributed by atoms with Gasteiger partial charge in [0.2, 0.25) is 0 Å². The van der Waals surface area contributed by atoms with Gasteiger partial charge in [-0.1, -0.05) is 17.7 Å². The number of rotatable bonds is 7. The van der Waals surface area contributed by atoms with Gasteiger partial charge in [-0.25, -0.2) is 5.53 Å². The summed E-state index contributed by atoms with van der Waals surface area (Å²) in [5.41, 5.74) is 20.5. The molecule has 0 saturated heterocycles. The molecule has 0 heterocycles. The Balaban J connectivity index is 2.16. The van der Waals surface area contributed by atoms with Crippen LogP contribution >= 0.6 is 0 Å². The Bertz CT molecular complexity index is 1110. The van der Waals surface area contributed by atoms with Crippen molar-refractivity contribution in [3.05, 3.63) is 63.9 Å². The number of hydrogen-bond donors (Lipinski definition) is 3. The lowest BCUT2D eigenvalue weighted by Gasteiger charge is -2.26. The van der Waals surface area contributed by atoms with Crippen LogP contribution in [0.15, 0.2) is 52.4 Å². The van der Waals surface area contributed by atoms with Crippen molar-refractivity contribution in [1.82, 2.24) is 0 Å². The number of methoxy groups -OCH3 is 2. The van der Waals surface area contributed by atoms with Crippen LogP contribution < -0.4 is 15.8 Å². The fourth-order valence-electron chi connectivity index (χ4n) is 3.97. The summed E-state index contributed by atoms with van der Waals surface area (Å²) in [5.74, 6) is 1.68. The molecule has 1 aliphatic rings. The van der Waals surface area contributed by atoms with Gasteiger partial charge in [0.1, 0.15) is 17.5 Å². The Morgan fingerprint density at radius 1 is 1.16 bits per heavy atom. The Kier molecular flexibility index (Phi) is 6.61. The summed E-state index contributed by atoms with van der Waals surface area (Å²) in [6, 6.07) is 11.5. The molecule has 3 rings (SSSR count). The maximum Gasteiger partial charge on any atom is 0.118 e. The van der Waals surface area contributed by atoms with E-state index in [-0.39, 0.29) is 5.69 Å². The number of benzene rings is 2. The molecule has 0 amide bonds. The second-order valence-corrected chi connectivity index (χ2v) is 7.44. The number of hydrogen-bond acceptors (Lipinski definition) is 7. The average molecular weight is 418 g/mol. The topological polar surface area (TPSA) is 117 Å². The van der Waals surface area contributed by atoms with Crippen molar-refractivity contribution < 1.29 is 9.47 Å². The Morgan fingerprint density at radius 3 is 2.45 bits per heavy atom. The fraction of sp³-hybridized carbons (Fsp3) is 0.292. The number of nitrogens with two attached hydrogens (primary N) is 1. The van der Waals surface area contributed by atoms with Crippen molar-refractivity contribution >= 4 is 22.6 Å². The van der Waals surface area contributed by atoms with Crippen LogP contribution in [-0.2, 0) is 11.3 Å². The van der Waals surface area contributed by atoms with E-state index in [1.807, 2.05) is 31.2 Å². The van der Waals surface area contributed by atoms with Crippen LogP contribution in [0.3, 0.4) is 0 Å². The summed E-state index contributed by atoms with van der Waals surface area (Å²) in [6.07, 6.45) is 1.65. The summed E-state index contributed by atoms with van der Waals surface area (Å²) in [4.78, 5) is 0. The van der Waals surface area contributed by atoms with Gasteiger partial charge in [-0.2, -0.15) is 10.4 Å². The zero-order valence-corrected chi connectivity index (χ0v) is 18.3. The smallest absolute Gasteiger partial charge is 0.118 e. The van der Waals surface area contributed by atoms with Crippen molar-refractivity contribution in [3.63, 3.8) is 0 Å². The molecule has 160 valence electrons. The molecule has 0 fully saturated rings. The quantitative estimate of drug-likeness (QED) is 0.382. The minimum absolute atomic E-state index is 0.277. The number of nitrogens with zero attached hydrogens (tertiary/aromatic N) is 2. The number of nitrogen functional groups attached to an aromatic ring is 1. The van der Waals surface area contributed by atoms with Gasteiger partial charge in [0.15, 0.2) is 0 Å². The zero-order chi connectivity index (χ0) is 22.5. The van der Waals surface area contributed by atoms with Gasteiger partial charge in [-0.15, -0.1) is 0 Å². The van der Waals surface area contributed by atoms with Crippen LogP contribution in [0.1, 0.15) is 43.4 Å². The molecule has 2 aromatic rings. The molecule has 0 spiro atoms. The lowest BCUT2D eigenvalue weighted by atomic mass is 9.84. The first-order valence-electron chi connectivity index (χ1n) is 10.00. The predicted octanol–water partition coefficient (Wildman–Crippen LogP) is 5.91. The van der Waals surface area contributed by atoms with E-state index in [1.165, 1.54) is 0 Å². The molecule has 0 aromatic heterocycles. The molecule has 1 aliphatic carbocycles. The largest absolute Gasteiger partial charge is 0.501 e. The number of nitrogens with one attached hydrogen (secondary N) is 2. The van der Waals surface area contributed by atoms with E-state index < -0.39 is 0 Å². The Morgan fingerprint density at radius 2 is 1.87 bits per heavy atom. The van der Waals surface area contributed by atoms with Crippen LogP contribution in [0.2, 0.25) is 0 Å². The van der Waals surface area contributed by atoms with Crippen molar-refractivity contribution in [2.75, 3.05) is 25.3 Å². The summed E-state index contributed by atoms with van der Waals surface area (Å²) >= 11 is 0. The van der Waals surface area contributed by atoms with Gasteiger partial charge in [0, 0.05) is 18.5 Å². The highest BCUT2D eigenvalue weighted by atomic mass is 16.5. The van der Waals surface area contributed by atoms with Crippen molar-refractivity contribution in [2.24, 2.45) is 5.11 Å². The highest BCUT2D eigenvalue weighted by Crippen LogP contribution is 2.46. The van der Waals surface area contributed by atoms with Gasteiger partial charge < -0.3 is 20.5 Å². The first-order chi connectivity index (χ1) is 14.9. The first-order valence-corrected chi connectivity index (χ1v) is 10.00. The monoisotopic (exact) mass is 417 g/mol. The Labute approximate surface area is 182 Å². The molecule has 0 aliphatic heterocycles. The molecular formula is C24H27N5O2. The highest BCUT2D eigenvalue weighted by molar-refractivity contribution is 5.98. The lowest BCUT2D eigenvalue weighted by molar-refractivity contribution is 0.272. The van der Waals surface area contributed by atoms with Gasteiger partial charge in [-0.3, -0.25) is 0 Å². The normalized spacial score (nSPS) is 13.6. The third-order valence-electron chi connectivity index (χ3n) is 5.66. The number of allylic oxidation sites excluding steroid dienone is 4. The second kappa shape index (κ2) is 9.35. The van der Waals surface area contributed by atoms with Crippen LogP contribution in [0.25, 0.3) is 5.57 Å². The first kappa shape index (κ1) is 21.9. The average Bonchev–Trinajstić information content (AvgIpc) is 2.79. The van der Waals surface area contributed by atoms with Crippen molar-refractivity contribution in [2.45, 2.75) is 33.2 Å². The minimum Gasteiger partial charge on any atom is -0.501 e. The summed E-state index contributed by atoms with van der Waals surface area (Å²) in [6.45, 7) is 4.56. The number of ether oxygens (including phenoxy) is 2. The molecule has 7 heteroatoms. The van der Waals surface area contributed by atoms with Crippen LogP contribution in [0, 0.1) is 16.9 Å². The van der Waals surface area contributed by atoms with E-state index in [1.54, 1.807) is 20.3 Å². The molecule has 4 N–H and O–H groups in total. The highest BCUT2D eigenvalue weighted by Gasteiger charge is 2.26.